The minimum Gasteiger partial charge on any atom is -0.460 e. The number of anilines is 1. The monoisotopic (exact) mass is 445 g/mol. The van der Waals surface area contributed by atoms with Gasteiger partial charge < -0.3 is 10.1 Å². The highest BCUT2D eigenvalue weighted by atomic mass is 19.4. The number of hydrogen-bond donors (Lipinski definition) is 1. The van der Waals surface area contributed by atoms with Gasteiger partial charge >= 0.3 is 12.1 Å². The van der Waals surface area contributed by atoms with Crippen molar-refractivity contribution in [2.24, 2.45) is 17.3 Å². The van der Waals surface area contributed by atoms with E-state index < -0.39 is 82.3 Å². The van der Waals surface area contributed by atoms with Crippen LogP contribution in [0.2, 0.25) is 0 Å². The highest BCUT2D eigenvalue weighted by Crippen LogP contribution is 2.60. The van der Waals surface area contributed by atoms with Crippen molar-refractivity contribution in [1.82, 2.24) is 0 Å². The van der Waals surface area contributed by atoms with Gasteiger partial charge in [0.15, 0.2) is 29.1 Å². The van der Waals surface area contributed by atoms with Crippen LogP contribution in [0.1, 0.15) is 26.3 Å². The Morgan fingerprint density at radius 3 is 2.00 bits per heavy atom. The van der Waals surface area contributed by atoms with Gasteiger partial charge in [-0.1, -0.05) is 13.8 Å². The van der Waals surface area contributed by atoms with Crippen molar-refractivity contribution in [1.29, 1.82) is 0 Å². The van der Waals surface area contributed by atoms with Gasteiger partial charge in [-0.3, -0.25) is 9.59 Å². The average Bonchev–Trinajstić information content (AvgIpc) is 3.16. The van der Waals surface area contributed by atoms with Crippen LogP contribution in [0.5, 0.6) is 0 Å². The maximum absolute atomic E-state index is 14.0. The lowest BCUT2D eigenvalue weighted by molar-refractivity contribution is -0.147. The summed E-state index contributed by atoms with van der Waals surface area (Å²) in [5, 5.41) is 1.58. The second kappa shape index (κ2) is 7.88. The number of carbonyl (C=O) groups is 2. The number of alkyl halides is 3. The molecule has 30 heavy (non-hydrogen) atoms. The van der Waals surface area contributed by atoms with Crippen molar-refractivity contribution in [2.45, 2.75) is 33.6 Å². The summed E-state index contributed by atoms with van der Waals surface area (Å²) in [6.45, 7) is 2.24. The molecule has 4 nitrogen and oxygen atoms in total. The lowest BCUT2D eigenvalue weighted by atomic mass is 10.1. The highest BCUT2D eigenvalue weighted by molar-refractivity contribution is 5.89. The molecule has 2 unspecified atom stereocenters. The maximum atomic E-state index is 14.0. The molecule has 0 heterocycles. The lowest BCUT2D eigenvalue weighted by Gasteiger charge is -2.12. The topological polar surface area (TPSA) is 55.4 Å². The molecule has 0 aromatic heterocycles. The van der Waals surface area contributed by atoms with Gasteiger partial charge in [-0.15, -0.1) is 0 Å². The Morgan fingerprint density at radius 1 is 1.07 bits per heavy atom. The van der Waals surface area contributed by atoms with Crippen LogP contribution in [-0.2, 0) is 20.9 Å². The summed E-state index contributed by atoms with van der Waals surface area (Å²) in [4.78, 5) is 23.0. The molecule has 0 bridgehead atoms. The Labute approximate surface area is 164 Å². The first-order chi connectivity index (χ1) is 13.6. The Hall–Kier alpha value is -2.66. The zero-order valence-corrected chi connectivity index (χ0v) is 15.7. The number of hydrogen-bond acceptors (Lipinski definition) is 3. The third kappa shape index (κ3) is 4.41. The van der Waals surface area contributed by atoms with E-state index in [1.807, 2.05) is 0 Å². The number of benzene rings is 1. The summed E-state index contributed by atoms with van der Waals surface area (Å²) in [6, 6.07) is 0. The van der Waals surface area contributed by atoms with E-state index in [0.29, 0.717) is 0 Å². The molecule has 166 valence electrons. The zero-order valence-electron chi connectivity index (χ0n) is 15.7. The molecule has 2 rings (SSSR count). The third-order valence-corrected chi connectivity index (χ3v) is 4.78. The Kier molecular flexibility index (Phi) is 6.20. The lowest BCUT2D eigenvalue weighted by Crippen LogP contribution is -2.16. The molecule has 1 saturated carbocycles. The fourth-order valence-electron chi connectivity index (χ4n) is 3.01. The number of rotatable bonds is 5. The molecule has 1 aromatic rings. The minimum absolute atomic E-state index is 0.203. The summed E-state index contributed by atoms with van der Waals surface area (Å²) in [6.07, 6.45) is -5.04. The molecule has 0 aliphatic heterocycles. The van der Waals surface area contributed by atoms with E-state index in [4.69, 9.17) is 0 Å². The number of allylic oxidation sites excluding steroid dienone is 2. The molecule has 1 aliphatic rings. The van der Waals surface area contributed by atoms with Gasteiger partial charge in [0.1, 0.15) is 12.3 Å². The zero-order chi connectivity index (χ0) is 23.2. The van der Waals surface area contributed by atoms with Gasteiger partial charge in [0, 0.05) is 6.92 Å². The number of amides is 1. The van der Waals surface area contributed by atoms with Crippen LogP contribution in [0, 0.1) is 40.5 Å². The van der Waals surface area contributed by atoms with Crippen LogP contribution in [-0.4, -0.2) is 18.1 Å². The van der Waals surface area contributed by atoms with Crippen molar-refractivity contribution >= 4 is 17.6 Å². The van der Waals surface area contributed by atoms with E-state index in [1.54, 1.807) is 5.32 Å². The van der Waals surface area contributed by atoms with Crippen molar-refractivity contribution in [2.75, 3.05) is 5.32 Å². The summed E-state index contributed by atoms with van der Waals surface area (Å²) < 4.78 is 111. The molecule has 1 amide bonds. The molecule has 0 saturated heterocycles. The molecule has 1 aliphatic carbocycles. The second-order valence-electron chi connectivity index (χ2n) is 7.24. The van der Waals surface area contributed by atoms with E-state index in [1.165, 1.54) is 13.8 Å². The molecule has 0 radical (unpaired) electrons. The first-order valence-corrected chi connectivity index (χ1v) is 8.34. The predicted octanol–water partition coefficient (Wildman–Crippen LogP) is 4.93. The maximum Gasteiger partial charge on any atom is 0.442 e. The highest BCUT2D eigenvalue weighted by Gasteiger charge is 2.62. The van der Waals surface area contributed by atoms with E-state index in [9.17, 15) is 44.7 Å². The Bertz CT molecular complexity index is 894. The largest absolute Gasteiger partial charge is 0.460 e. The van der Waals surface area contributed by atoms with Gasteiger partial charge in [0.05, 0.1) is 11.5 Å². The molecule has 2 atom stereocenters. The Morgan fingerprint density at radius 2 is 1.57 bits per heavy atom. The van der Waals surface area contributed by atoms with Crippen molar-refractivity contribution in [3.63, 3.8) is 0 Å². The van der Waals surface area contributed by atoms with Crippen molar-refractivity contribution in [3.8, 4) is 0 Å². The van der Waals surface area contributed by atoms with Crippen molar-refractivity contribution in [3.05, 3.63) is 40.7 Å². The van der Waals surface area contributed by atoms with Crippen LogP contribution in [0.3, 0.4) is 0 Å². The van der Waals surface area contributed by atoms with Gasteiger partial charge in [-0.05, 0) is 17.4 Å². The number of esters is 1. The number of ether oxygens (including phenoxy) is 1. The van der Waals surface area contributed by atoms with Crippen molar-refractivity contribution < 1.29 is 49.4 Å². The molecular weight excluding hydrogens is 430 g/mol. The summed E-state index contributed by atoms with van der Waals surface area (Å²) in [5.41, 5.74) is -3.83. The molecule has 1 N–H and O–H groups in total. The van der Waals surface area contributed by atoms with Crippen LogP contribution >= 0.6 is 0 Å². The normalized spacial score (nSPS) is 20.7. The summed E-state index contributed by atoms with van der Waals surface area (Å²) >= 11 is 0. The summed E-state index contributed by atoms with van der Waals surface area (Å²) in [5.74, 6) is -14.9. The standard InChI is InChI=1S/C18H15F8NO3/c1-6(28)27-15-13(22)11(20)7(12(21)14(15)23)5-30-16(29)10-8(17(10,2)3)4-9(19)18(24,25)26/h4,8,10H,5H2,1-3H3,(H,27,28). The van der Waals surface area contributed by atoms with E-state index >= 15 is 0 Å². The third-order valence-electron chi connectivity index (χ3n) is 4.78. The van der Waals surface area contributed by atoms with Gasteiger partial charge in [-0.2, -0.15) is 13.2 Å². The first kappa shape index (κ1) is 23.6. The number of halogens is 8. The molecule has 12 heteroatoms. The molecule has 1 aromatic carbocycles. The van der Waals surface area contributed by atoms with Gasteiger partial charge in [-0.25, -0.2) is 22.0 Å². The van der Waals surface area contributed by atoms with Crippen LogP contribution in [0.25, 0.3) is 0 Å². The van der Waals surface area contributed by atoms with Crippen LogP contribution in [0.4, 0.5) is 40.8 Å². The van der Waals surface area contributed by atoms with E-state index in [0.717, 1.165) is 6.92 Å². The fraction of sp³-hybridized carbons (Fsp3) is 0.444. The van der Waals surface area contributed by atoms with Crippen LogP contribution < -0.4 is 5.32 Å². The second-order valence-corrected chi connectivity index (χ2v) is 7.24. The van der Waals surface area contributed by atoms with Gasteiger partial charge in [0.2, 0.25) is 5.91 Å². The van der Waals surface area contributed by atoms with Crippen LogP contribution in [0.15, 0.2) is 11.9 Å². The first-order valence-electron chi connectivity index (χ1n) is 8.34. The molecule has 1 fully saturated rings. The SMILES string of the molecule is CC(=O)Nc1c(F)c(F)c(COC(=O)C2C(C=C(F)C(F)(F)F)C2(C)C)c(F)c1F. The average molecular weight is 445 g/mol. The number of nitrogens with one attached hydrogen (secondary N) is 1. The number of carbonyl (C=O) groups excluding carboxylic acids is 2. The predicted molar refractivity (Wildman–Crippen MR) is 86.4 cm³/mol. The fourth-order valence-corrected chi connectivity index (χ4v) is 3.01. The minimum atomic E-state index is -5.25. The Balaban J connectivity index is 2.20. The molecular formula is C18H15F8NO3. The summed E-state index contributed by atoms with van der Waals surface area (Å²) in [7, 11) is 0. The molecule has 0 spiro atoms. The quantitative estimate of drug-likeness (QED) is 0.397. The van der Waals surface area contributed by atoms with Gasteiger partial charge in [0.25, 0.3) is 0 Å². The smallest absolute Gasteiger partial charge is 0.442 e. The van der Waals surface area contributed by atoms with E-state index in [-0.39, 0.29) is 6.08 Å². The van der Waals surface area contributed by atoms with E-state index in [2.05, 4.69) is 4.74 Å².